The molecule has 1 amide bonds. The van der Waals surface area contributed by atoms with Gasteiger partial charge in [-0.3, -0.25) is 4.79 Å². The van der Waals surface area contributed by atoms with Gasteiger partial charge in [-0.15, -0.1) is 0 Å². The van der Waals surface area contributed by atoms with E-state index in [4.69, 9.17) is 0 Å². The molecule has 110 valence electrons. The van der Waals surface area contributed by atoms with Crippen molar-refractivity contribution in [1.29, 1.82) is 0 Å². The number of phenols is 1. The van der Waals surface area contributed by atoms with Gasteiger partial charge >= 0.3 is 0 Å². The molecule has 6 heteroatoms. The Kier molecular flexibility index (Phi) is 3.65. The lowest BCUT2D eigenvalue weighted by molar-refractivity contribution is -0.117. The minimum absolute atomic E-state index is 0.0196. The molecular formula is C16H14N4O2. The SMILES string of the molecule is CC1=NN(c2ccccc2)C(=O)C1/N=N/c1ccccc1O. The lowest BCUT2D eigenvalue weighted by atomic mass is 10.2. The Morgan fingerprint density at radius 3 is 2.50 bits per heavy atom. The monoisotopic (exact) mass is 294 g/mol. The predicted molar refractivity (Wildman–Crippen MR) is 83.4 cm³/mol. The standard InChI is InChI=1S/C16H14N4O2/c1-11-15(18-17-13-9-5-6-10-14(13)21)16(22)20(19-11)12-7-3-2-4-8-12/h2-10,15,21H,1H3/b18-17+. The number of amides is 1. The van der Waals surface area contributed by atoms with Gasteiger partial charge in [0, 0.05) is 0 Å². The van der Waals surface area contributed by atoms with Crippen LogP contribution in [-0.2, 0) is 4.79 Å². The maximum absolute atomic E-state index is 12.4. The summed E-state index contributed by atoms with van der Waals surface area (Å²) >= 11 is 0. The average molecular weight is 294 g/mol. The van der Waals surface area contributed by atoms with Gasteiger partial charge in [0.1, 0.15) is 11.4 Å². The number of aromatic hydroxyl groups is 1. The fourth-order valence-electron chi connectivity index (χ4n) is 2.11. The molecule has 0 aromatic heterocycles. The molecule has 22 heavy (non-hydrogen) atoms. The summed E-state index contributed by atoms with van der Waals surface area (Å²) in [6.07, 6.45) is 0. The van der Waals surface area contributed by atoms with Gasteiger partial charge in [-0.2, -0.15) is 20.3 Å². The minimum Gasteiger partial charge on any atom is -0.506 e. The molecule has 0 radical (unpaired) electrons. The summed E-state index contributed by atoms with van der Waals surface area (Å²) < 4.78 is 0. The smallest absolute Gasteiger partial charge is 0.280 e. The number of anilines is 1. The lowest BCUT2D eigenvalue weighted by Gasteiger charge is -2.11. The number of azo groups is 1. The first kappa shape index (κ1) is 13.9. The minimum atomic E-state index is -0.764. The maximum Gasteiger partial charge on any atom is 0.280 e. The molecule has 1 aliphatic heterocycles. The molecular weight excluding hydrogens is 280 g/mol. The molecule has 2 aromatic rings. The van der Waals surface area contributed by atoms with Crippen molar-refractivity contribution in [3.8, 4) is 5.75 Å². The van der Waals surface area contributed by atoms with Crippen molar-refractivity contribution in [2.45, 2.75) is 13.0 Å². The first-order valence-electron chi connectivity index (χ1n) is 6.80. The van der Waals surface area contributed by atoms with Crippen LogP contribution in [0.15, 0.2) is 69.9 Å². The number of rotatable bonds is 3. The Morgan fingerprint density at radius 2 is 1.77 bits per heavy atom. The predicted octanol–water partition coefficient (Wildman–Crippen LogP) is 3.27. The van der Waals surface area contributed by atoms with Crippen molar-refractivity contribution in [3.05, 3.63) is 54.6 Å². The van der Waals surface area contributed by atoms with Crippen molar-refractivity contribution in [2.75, 3.05) is 5.01 Å². The van der Waals surface area contributed by atoms with Crippen molar-refractivity contribution in [1.82, 2.24) is 0 Å². The molecule has 0 saturated carbocycles. The van der Waals surface area contributed by atoms with Crippen LogP contribution in [0.1, 0.15) is 6.92 Å². The van der Waals surface area contributed by atoms with E-state index < -0.39 is 6.04 Å². The third kappa shape index (κ3) is 2.58. The van der Waals surface area contributed by atoms with Crippen LogP contribution in [0.5, 0.6) is 5.75 Å². The van der Waals surface area contributed by atoms with E-state index in [1.807, 2.05) is 18.2 Å². The molecule has 0 aliphatic carbocycles. The fourth-order valence-corrected chi connectivity index (χ4v) is 2.11. The zero-order valence-corrected chi connectivity index (χ0v) is 11.9. The summed E-state index contributed by atoms with van der Waals surface area (Å²) in [7, 11) is 0. The highest BCUT2D eigenvalue weighted by molar-refractivity contribution is 6.18. The number of hydrogen-bond acceptors (Lipinski definition) is 5. The van der Waals surface area contributed by atoms with Crippen LogP contribution in [0.2, 0.25) is 0 Å². The zero-order chi connectivity index (χ0) is 15.5. The molecule has 1 unspecified atom stereocenters. The molecule has 1 atom stereocenters. The molecule has 1 heterocycles. The molecule has 1 N–H and O–H groups in total. The maximum atomic E-state index is 12.4. The molecule has 2 aromatic carbocycles. The number of benzene rings is 2. The van der Waals surface area contributed by atoms with Crippen LogP contribution in [0, 0.1) is 0 Å². The molecule has 0 fully saturated rings. The highest BCUT2D eigenvalue weighted by Gasteiger charge is 2.34. The third-order valence-corrected chi connectivity index (χ3v) is 3.26. The lowest BCUT2D eigenvalue weighted by Crippen LogP contribution is -2.29. The summed E-state index contributed by atoms with van der Waals surface area (Å²) in [6.45, 7) is 1.73. The average Bonchev–Trinajstić information content (AvgIpc) is 2.82. The van der Waals surface area contributed by atoms with Crippen molar-refractivity contribution in [3.63, 3.8) is 0 Å². The summed E-state index contributed by atoms with van der Waals surface area (Å²) in [5, 5.41) is 23.2. The Labute approximate surface area is 127 Å². The fraction of sp³-hybridized carbons (Fsp3) is 0.125. The van der Waals surface area contributed by atoms with Crippen molar-refractivity contribution < 1.29 is 9.90 Å². The van der Waals surface area contributed by atoms with Gasteiger partial charge in [-0.1, -0.05) is 30.3 Å². The summed E-state index contributed by atoms with van der Waals surface area (Å²) in [4.78, 5) is 12.4. The second kappa shape index (κ2) is 5.77. The van der Waals surface area contributed by atoms with Gasteiger partial charge in [-0.05, 0) is 31.2 Å². The van der Waals surface area contributed by atoms with Crippen LogP contribution < -0.4 is 5.01 Å². The second-order valence-corrected chi connectivity index (χ2v) is 4.83. The zero-order valence-electron chi connectivity index (χ0n) is 11.9. The highest BCUT2D eigenvalue weighted by atomic mass is 16.3. The summed E-state index contributed by atoms with van der Waals surface area (Å²) in [5.41, 5.74) is 1.57. The summed E-state index contributed by atoms with van der Waals surface area (Å²) in [6, 6.07) is 15.0. The number of phenolic OH excluding ortho intramolecular Hbond substituents is 1. The molecule has 0 saturated heterocycles. The largest absolute Gasteiger partial charge is 0.506 e. The second-order valence-electron chi connectivity index (χ2n) is 4.83. The Balaban J connectivity index is 1.83. The normalized spacial score (nSPS) is 18.0. The van der Waals surface area contributed by atoms with Crippen molar-refractivity contribution in [2.24, 2.45) is 15.3 Å². The van der Waals surface area contributed by atoms with E-state index in [0.717, 1.165) is 0 Å². The van der Waals surface area contributed by atoms with Gasteiger partial charge in [0.2, 0.25) is 0 Å². The topological polar surface area (TPSA) is 77.6 Å². The summed E-state index contributed by atoms with van der Waals surface area (Å²) in [5.74, 6) is -0.242. The Bertz CT molecular complexity index is 756. The van der Waals surface area contributed by atoms with E-state index in [2.05, 4.69) is 15.3 Å². The number of carbonyl (C=O) groups excluding carboxylic acids is 1. The van der Waals surface area contributed by atoms with Crippen LogP contribution >= 0.6 is 0 Å². The highest BCUT2D eigenvalue weighted by Crippen LogP contribution is 2.27. The van der Waals surface area contributed by atoms with Gasteiger partial charge in [0.25, 0.3) is 5.91 Å². The van der Waals surface area contributed by atoms with Gasteiger partial charge in [-0.25, -0.2) is 0 Å². The number of carbonyl (C=O) groups is 1. The van der Waals surface area contributed by atoms with Crippen LogP contribution in [0.4, 0.5) is 11.4 Å². The molecule has 1 aliphatic rings. The quantitative estimate of drug-likeness (QED) is 0.882. The Hall–Kier alpha value is -3.02. The molecule has 0 bridgehead atoms. The van der Waals surface area contributed by atoms with E-state index >= 15 is 0 Å². The Morgan fingerprint density at radius 1 is 1.09 bits per heavy atom. The van der Waals surface area contributed by atoms with Crippen molar-refractivity contribution >= 4 is 23.0 Å². The van der Waals surface area contributed by atoms with Gasteiger partial charge < -0.3 is 5.11 Å². The molecule has 6 nitrogen and oxygen atoms in total. The van der Waals surface area contributed by atoms with E-state index in [9.17, 15) is 9.90 Å². The number of para-hydroxylation sites is 2. The van der Waals surface area contributed by atoms with E-state index in [0.29, 0.717) is 17.1 Å². The van der Waals surface area contributed by atoms with Gasteiger partial charge in [0.15, 0.2) is 6.04 Å². The number of nitrogens with zero attached hydrogens (tertiary/aromatic N) is 4. The number of hydrazone groups is 1. The van der Waals surface area contributed by atoms with Crippen LogP contribution in [0.3, 0.4) is 0 Å². The molecule has 0 spiro atoms. The van der Waals surface area contributed by atoms with E-state index in [1.165, 1.54) is 11.1 Å². The molecule has 3 rings (SSSR count). The van der Waals surface area contributed by atoms with Crippen LogP contribution in [-0.4, -0.2) is 22.8 Å². The van der Waals surface area contributed by atoms with Crippen LogP contribution in [0.25, 0.3) is 0 Å². The van der Waals surface area contributed by atoms with E-state index in [1.54, 1.807) is 37.3 Å². The van der Waals surface area contributed by atoms with E-state index in [-0.39, 0.29) is 11.7 Å². The van der Waals surface area contributed by atoms with Gasteiger partial charge in [0.05, 0.1) is 11.4 Å². The first-order chi connectivity index (χ1) is 10.7. The number of hydrogen-bond donors (Lipinski definition) is 1. The third-order valence-electron chi connectivity index (χ3n) is 3.26. The first-order valence-corrected chi connectivity index (χ1v) is 6.80.